The summed E-state index contributed by atoms with van der Waals surface area (Å²) in [5, 5.41) is 17.6. The molecule has 0 saturated heterocycles. The van der Waals surface area contributed by atoms with E-state index in [4.69, 9.17) is 10.2 Å². The van der Waals surface area contributed by atoms with Gasteiger partial charge in [0.15, 0.2) is 0 Å². The summed E-state index contributed by atoms with van der Waals surface area (Å²) in [7, 11) is -3.47. The van der Waals surface area contributed by atoms with Gasteiger partial charge < -0.3 is 15.1 Å². The third-order valence-electron chi connectivity index (χ3n) is 3.16. The Morgan fingerprint density at radius 3 is 2.24 bits per heavy atom. The molecule has 1 aromatic rings. The highest BCUT2D eigenvalue weighted by molar-refractivity contribution is 7.57. The lowest BCUT2D eigenvalue weighted by molar-refractivity contribution is -0.143. The van der Waals surface area contributed by atoms with Gasteiger partial charge in [0.05, 0.1) is 5.92 Å². The van der Waals surface area contributed by atoms with Crippen LogP contribution in [0.25, 0.3) is 0 Å². The molecular formula is C14H19O6P. The largest absolute Gasteiger partial charge is 0.481 e. The van der Waals surface area contributed by atoms with Gasteiger partial charge in [-0.15, -0.1) is 0 Å². The second-order valence-electron chi connectivity index (χ2n) is 4.97. The van der Waals surface area contributed by atoms with Gasteiger partial charge in [0.1, 0.15) is 0 Å². The fraction of sp³-hybridized carbons (Fsp3) is 0.429. The first kappa shape index (κ1) is 17.4. The average Bonchev–Trinajstić information content (AvgIpc) is 2.38. The zero-order valence-electron chi connectivity index (χ0n) is 11.5. The maximum absolute atomic E-state index is 12.1. The third kappa shape index (κ3) is 7.06. The Morgan fingerprint density at radius 2 is 1.71 bits per heavy atom. The average molecular weight is 314 g/mol. The summed E-state index contributed by atoms with van der Waals surface area (Å²) in [6.07, 6.45) is -0.414. The van der Waals surface area contributed by atoms with Gasteiger partial charge in [-0.25, -0.2) is 0 Å². The summed E-state index contributed by atoms with van der Waals surface area (Å²) in [4.78, 5) is 31.4. The number of benzene rings is 1. The summed E-state index contributed by atoms with van der Waals surface area (Å²) in [5.41, 5.74) is 0.723. The van der Waals surface area contributed by atoms with Crippen molar-refractivity contribution >= 4 is 19.3 Å². The van der Waals surface area contributed by atoms with Crippen LogP contribution in [0.15, 0.2) is 30.3 Å². The van der Waals surface area contributed by atoms with E-state index in [1.54, 1.807) is 30.3 Å². The van der Waals surface area contributed by atoms with Crippen molar-refractivity contribution in [2.24, 2.45) is 5.92 Å². The molecule has 0 aliphatic carbocycles. The number of aliphatic carboxylic acids is 2. The standard InChI is InChI=1S/C14H19O6P/c15-13(16)7-6-12(14(17)18)8-9-21(19,20)10-11-4-2-1-3-5-11/h1-5,12H,6-10H2,(H,15,16)(H,17,18)(H,19,20). The number of hydrogen-bond acceptors (Lipinski definition) is 3. The Labute approximate surface area is 122 Å². The number of carboxylic acids is 2. The van der Waals surface area contributed by atoms with E-state index in [0.717, 1.165) is 5.56 Å². The quantitative estimate of drug-likeness (QED) is 0.603. The van der Waals surface area contributed by atoms with Crippen LogP contribution >= 0.6 is 7.37 Å². The van der Waals surface area contributed by atoms with Crippen LogP contribution in [0.2, 0.25) is 0 Å². The summed E-state index contributed by atoms with van der Waals surface area (Å²) >= 11 is 0. The predicted octanol–water partition coefficient (Wildman–Crippen LogP) is 2.41. The molecule has 0 radical (unpaired) electrons. The highest BCUT2D eigenvalue weighted by Gasteiger charge is 2.25. The second kappa shape index (κ2) is 7.96. The van der Waals surface area contributed by atoms with E-state index >= 15 is 0 Å². The zero-order chi connectivity index (χ0) is 15.9. The second-order valence-corrected chi connectivity index (χ2v) is 7.43. The van der Waals surface area contributed by atoms with Crippen LogP contribution in [0.3, 0.4) is 0 Å². The molecule has 2 unspecified atom stereocenters. The van der Waals surface area contributed by atoms with E-state index in [1.807, 2.05) is 0 Å². The molecule has 2 atom stereocenters. The van der Waals surface area contributed by atoms with Crippen molar-refractivity contribution in [3.8, 4) is 0 Å². The summed E-state index contributed by atoms with van der Waals surface area (Å²) < 4.78 is 12.1. The minimum absolute atomic E-state index is 0.000883. The van der Waals surface area contributed by atoms with Crippen molar-refractivity contribution in [2.45, 2.75) is 25.4 Å². The normalized spacial score (nSPS) is 15.1. The SMILES string of the molecule is O=C(O)CCC(CCP(=O)(O)Cc1ccccc1)C(=O)O. The molecule has 3 N–H and O–H groups in total. The van der Waals surface area contributed by atoms with Gasteiger partial charge in [0.25, 0.3) is 0 Å². The van der Waals surface area contributed by atoms with Crippen LogP contribution < -0.4 is 0 Å². The highest BCUT2D eigenvalue weighted by Crippen LogP contribution is 2.45. The monoisotopic (exact) mass is 314 g/mol. The molecule has 0 aliphatic heterocycles. The minimum atomic E-state index is -3.47. The topological polar surface area (TPSA) is 112 Å². The molecule has 0 spiro atoms. The van der Waals surface area contributed by atoms with Crippen molar-refractivity contribution in [3.63, 3.8) is 0 Å². The van der Waals surface area contributed by atoms with Crippen molar-refractivity contribution in [3.05, 3.63) is 35.9 Å². The Bertz CT molecular complexity index is 528. The van der Waals surface area contributed by atoms with Gasteiger partial charge in [0.2, 0.25) is 7.37 Å². The van der Waals surface area contributed by atoms with E-state index in [-0.39, 0.29) is 31.6 Å². The Balaban J connectivity index is 2.55. The molecule has 6 nitrogen and oxygen atoms in total. The lowest BCUT2D eigenvalue weighted by Gasteiger charge is -2.15. The van der Waals surface area contributed by atoms with Gasteiger partial charge in [-0.2, -0.15) is 0 Å². The van der Waals surface area contributed by atoms with Crippen molar-refractivity contribution in [2.75, 3.05) is 6.16 Å². The first-order valence-corrected chi connectivity index (χ1v) is 8.62. The van der Waals surface area contributed by atoms with E-state index in [9.17, 15) is 19.0 Å². The van der Waals surface area contributed by atoms with Gasteiger partial charge in [-0.3, -0.25) is 14.2 Å². The van der Waals surface area contributed by atoms with Gasteiger partial charge in [-0.1, -0.05) is 30.3 Å². The zero-order valence-corrected chi connectivity index (χ0v) is 12.4. The van der Waals surface area contributed by atoms with Crippen LogP contribution in [0.4, 0.5) is 0 Å². The van der Waals surface area contributed by atoms with Crippen LogP contribution in [-0.4, -0.2) is 33.2 Å². The lowest BCUT2D eigenvalue weighted by Crippen LogP contribution is -2.17. The van der Waals surface area contributed by atoms with Crippen LogP contribution in [0.1, 0.15) is 24.8 Å². The molecule has 21 heavy (non-hydrogen) atoms. The maximum atomic E-state index is 12.1. The summed E-state index contributed by atoms with van der Waals surface area (Å²) in [5.74, 6) is -3.11. The van der Waals surface area contributed by atoms with Crippen molar-refractivity contribution in [1.29, 1.82) is 0 Å². The molecule has 0 saturated carbocycles. The first-order valence-electron chi connectivity index (χ1n) is 6.59. The molecule has 0 fully saturated rings. The molecule has 0 aromatic heterocycles. The molecule has 1 aromatic carbocycles. The minimum Gasteiger partial charge on any atom is -0.481 e. The Morgan fingerprint density at radius 1 is 1.10 bits per heavy atom. The van der Waals surface area contributed by atoms with Crippen LogP contribution in [0, 0.1) is 5.92 Å². The van der Waals surface area contributed by atoms with Gasteiger partial charge >= 0.3 is 11.9 Å². The van der Waals surface area contributed by atoms with Crippen molar-refractivity contribution in [1.82, 2.24) is 0 Å². The lowest BCUT2D eigenvalue weighted by atomic mass is 10.0. The molecule has 1 rings (SSSR count). The van der Waals surface area contributed by atoms with Crippen LogP contribution in [0.5, 0.6) is 0 Å². The molecule has 7 heteroatoms. The van der Waals surface area contributed by atoms with Gasteiger partial charge in [-0.05, 0) is 18.4 Å². The smallest absolute Gasteiger partial charge is 0.306 e. The van der Waals surface area contributed by atoms with E-state index in [1.165, 1.54) is 0 Å². The Kier molecular flexibility index (Phi) is 6.59. The van der Waals surface area contributed by atoms with Gasteiger partial charge in [0, 0.05) is 18.7 Å². The molecular weight excluding hydrogens is 295 g/mol. The van der Waals surface area contributed by atoms with E-state index < -0.39 is 25.2 Å². The number of carboxylic acid groups (broad SMARTS) is 2. The number of carbonyl (C=O) groups is 2. The molecule has 116 valence electrons. The number of hydrogen-bond donors (Lipinski definition) is 3. The Hall–Kier alpha value is -1.65. The third-order valence-corrected chi connectivity index (χ3v) is 4.97. The molecule has 0 heterocycles. The fourth-order valence-corrected chi connectivity index (χ4v) is 3.65. The fourth-order valence-electron chi connectivity index (χ4n) is 1.99. The summed E-state index contributed by atoms with van der Waals surface area (Å²) in [6.45, 7) is 0. The molecule has 0 aliphatic rings. The first-order chi connectivity index (χ1) is 9.80. The summed E-state index contributed by atoms with van der Waals surface area (Å²) in [6, 6.07) is 8.81. The predicted molar refractivity (Wildman–Crippen MR) is 77.5 cm³/mol. The van der Waals surface area contributed by atoms with Crippen molar-refractivity contribution < 1.29 is 29.3 Å². The molecule has 0 amide bonds. The van der Waals surface area contributed by atoms with E-state index in [2.05, 4.69) is 0 Å². The maximum Gasteiger partial charge on any atom is 0.306 e. The molecule has 0 bridgehead atoms. The number of rotatable bonds is 9. The highest BCUT2D eigenvalue weighted by atomic mass is 31.2. The van der Waals surface area contributed by atoms with E-state index in [0.29, 0.717) is 0 Å². The van der Waals surface area contributed by atoms with Crippen LogP contribution in [-0.2, 0) is 20.3 Å².